The molecule has 0 aliphatic rings. The van der Waals surface area contributed by atoms with E-state index in [1.807, 2.05) is 60.7 Å². The molecule has 0 spiro atoms. The third kappa shape index (κ3) is 3.23. The van der Waals surface area contributed by atoms with Crippen LogP contribution >= 0.6 is 0 Å². The van der Waals surface area contributed by atoms with E-state index in [0.29, 0.717) is 11.6 Å². The molecule has 5 heteroatoms. The van der Waals surface area contributed by atoms with Crippen molar-refractivity contribution >= 4 is 6.21 Å². The van der Waals surface area contributed by atoms with Gasteiger partial charge >= 0.3 is 0 Å². The van der Waals surface area contributed by atoms with Crippen molar-refractivity contribution < 1.29 is 5.11 Å². The summed E-state index contributed by atoms with van der Waals surface area (Å²) in [5.74, 6) is 1.56. The highest BCUT2D eigenvalue weighted by molar-refractivity contribution is 5.80. The SMILES string of the molecule is Oc1ccc(/C=N/n2c(-c3ccccc3)nnc2-c2ccccc2)cc1. The molecule has 0 saturated carbocycles. The molecule has 0 radical (unpaired) electrons. The molecule has 26 heavy (non-hydrogen) atoms. The summed E-state index contributed by atoms with van der Waals surface area (Å²) < 4.78 is 1.73. The Kier molecular flexibility index (Phi) is 4.26. The molecule has 0 aliphatic heterocycles. The fourth-order valence-electron chi connectivity index (χ4n) is 2.61. The molecule has 126 valence electrons. The number of hydrogen-bond donors (Lipinski definition) is 1. The number of phenolic OH excluding ortho intramolecular Hbond substituents is 1. The van der Waals surface area contributed by atoms with Crippen LogP contribution in [0, 0.1) is 0 Å². The largest absolute Gasteiger partial charge is 0.508 e. The second kappa shape index (κ2) is 7.03. The lowest BCUT2D eigenvalue weighted by molar-refractivity contribution is 0.475. The minimum atomic E-state index is 0.224. The maximum Gasteiger partial charge on any atom is 0.185 e. The van der Waals surface area contributed by atoms with Crippen molar-refractivity contribution in [2.75, 3.05) is 0 Å². The maximum absolute atomic E-state index is 9.42. The van der Waals surface area contributed by atoms with Crippen molar-refractivity contribution in [3.63, 3.8) is 0 Å². The van der Waals surface area contributed by atoms with E-state index >= 15 is 0 Å². The number of aromatic nitrogens is 3. The highest BCUT2D eigenvalue weighted by Gasteiger charge is 2.14. The Labute approximate surface area is 150 Å². The molecule has 0 unspecified atom stereocenters. The lowest BCUT2D eigenvalue weighted by Crippen LogP contribution is -1.97. The Morgan fingerprint density at radius 2 is 1.19 bits per heavy atom. The lowest BCUT2D eigenvalue weighted by Gasteiger charge is -2.05. The summed E-state index contributed by atoms with van der Waals surface area (Å²) in [6.07, 6.45) is 1.72. The van der Waals surface area contributed by atoms with Gasteiger partial charge < -0.3 is 5.11 Å². The molecule has 0 fully saturated rings. The van der Waals surface area contributed by atoms with Crippen molar-refractivity contribution in [1.29, 1.82) is 0 Å². The summed E-state index contributed by atoms with van der Waals surface area (Å²) >= 11 is 0. The lowest BCUT2D eigenvalue weighted by atomic mass is 10.2. The number of hydrogen-bond acceptors (Lipinski definition) is 4. The maximum atomic E-state index is 9.42. The number of nitrogens with zero attached hydrogens (tertiary/aromatic N) is 4. The molecule has 0 amide bonds. The van der Waals surface area contributed by atoms with E-state index in [1.165, 1.54) is 0 Å². The van der Waals surface area contributed by atoms with Crippen LogP contribution in [0.5, 0.6) is 5.75 Å². The molecular formula is C21H16N4O. The number of benzene rings is 3. The van der Waals surface area contributed by atoms with Gasteiger partial charge in [0.05, 0.1) is 6.21 Å². The summed E-state index contributed by atoms with van der Waals surface area (Å²) in [7, 11) is 0. The summed E-state index contributed by atoms with van der Waals surface area (Å²) in [6.45, 7) is 0. The Morgan fingerprint density at radius 3 is 1.69 bits per heavy atom. The Bertz CT molecular complexity index is 966. The molecule has 4 aromatic rings. The summed E-state index contributed by atoms with van der Waals surface area (Å²) in [5, 5.41) is 22.7. The van der Waals surface area contributed by atoms with Crippen LogP contribution < -0.4 is 0 Å². The smallest absolute Gasteiger partial charge is 0.185 e. The molecule has 1 heterocycles. The van der Waals surface area contributed by atoms with Gasteiger partial charge in [-0.3, -0.25) is 0 Å². The average Bonchev–Trinajstić information content (AvgIpc) is 3.13. The van der Waals surface area contributed by atoms with Crippen molar-refractivity contribution in [2.24, 2.45) is 5.10 Å². The van der Waals surface area contributed by atoms with E-state index in [-0.39, 0.29) is 5.75 Å². The second-order valence-corrected chi connectivity index (χ2v) is 5.73. The summed E-state index contributed by atoms with van der Waals surface area (Å²) in [5.41, 5.74) is 2.74. The van der Waals surface area contributed by atoms with Crippen LogP contribution in [0.2, 0.25) is 0 Å². The molecule has 0 atom stereocenters. The van der Waals surface area contributed by atoms with Crippen molar-refractivity contribution in [1.82, 2.24) is 14.9 Å². The first-order chi connectivity index (χ1) is 12.8. The standard InChI is InChI=1S/C21H16N4O/c26-19-13-11-16(12-14-19)15-22-25-20(17-7-3-1-4-8-17)23-24-21(25)18-9-5-2-6-10-18/h1-15,26H/b22-15+. The summed E-state index contributed by atoms with van der Waals surface area (Å²) in [6, 6.07) is 26.5. The van der Waals surface area contributed by atoms with E-state index in [4.69, 9.17) is 0 Å². The van der Waals surface area contributed by atoms with Gasteiger partial charge in [-0.05, 0) is 29.8 Å². The predicted molar refractivity (Wildman–Crippen MR) is 102 cm³/mol. The van der Waals surface area contributed by atoms with Crippen LogP contribution in [0.3, 0.4) is 0 Å². The van der Waals surface area contributed by atoms with E-state index in [2.05, 4.69) is 15.3 Å². The van der Waals surface area contributed by atoms with Gasteiger partial charge in [-0.15, -0.1) is 10.2 Å². The molecule has 1 aromatic heterocycles. The molecule has 0 saturated heterocycles. The van der Waals surface area contributed by atoms with Gasteiger partial charge in [-0.25, -0.2) is 0 Å². The fraction of sp³-hybridized carbons (Fsp3) is 0. The van der Waals surface area contributed by atoms with Crippen LogP contribution in [0.1, 0.15) is 5.56 Å². The van der Waals surface area contributed by atoms with Gasteiger partial charge in [-0.2, -0.15) is 9.78 Å². The van der Waals surface area contributed by atoms with Gasteiger partial charge in [0.15, 0.2) is 11.6 Å². The fourth-order valence-corrected chi connectivity index (χ4v) is 2.61. The molecule has 5 nitrogen and oxygen atoms in total. The van der Waals surface area contributed by atoms with Crippen LogP contribution in [-0.4, -0.2) is 26.2 Å². The molecule has 4 rings (SSSR count). The van der Waals surface area contributed by atoms with Gasteiger partial charge in [0, 0.05) is 11.1 Å². The normalized spacial score (nSPS) is 11.1. The van der Waals surface area contributed by atoms with Gasteiger partial charge in [0.2, 0.25) is 0 Å². The summed E-state index contributed by atoms with van der Waals surface area (Å²) in [4.78, 5) is 0. The first-order valence-electron chi connectivity index (χ1n) is 8.21. The van der Waals surface area contributed by atoms with Crippen LogP contribution in [0.15, 0.2) is 90.0 Å². The zero-order valence-corrected chi connectivity index (χ0v) is 13.9. The van der Waals surface area contributed by atoms with Crippen LogP contribution in [-0.2, 0) is 0 Å². The van der Waals surface area contributed by atoms with Gasteiger partial charge in [0.1, 0.15) is 5.75 Å². The quantitative estimate of drug-likeness (QED) is 0.566. The van der Waals surface area contributed by atoms with E-state index in [1.54, 1.807) is 35.2 Å². The zero-order chi connectivity index (χ0) is 17.8. The Balaban J connectivity index is 1.81. The third-order valence-electron chi connectivity index (χ3n) is 3.92. The van der Waals surface area contributed by atoms with Crippen LogP contribution in [0.4, 0.5) is 0 Å². The van der Waals surface area contributed by atoms with E-state index in [0.717, 1.165) is 16.7 Å². The topological polar surface area (TPSA) is 63.3 Å². The van der Waals surface area contributed by atoms with E-state index in [9.17, 15) is 5.11 Å². The Morgan fingerprint density at radius 1 is 0.692 bits per heavy atom. The molecule has 0 bridgehead atoms. The average molecular weight is 340 g/mol. The van der Waals surface area contributed by atoms with Gasteiger partial charge in [0.25, 0.3) is 0 Å². The number of rotatable bonds is 4. The van der Waals surface area contributed by atoms with Crippen molar-refractivity contribution in [2.45, 2.75) is 0 Å². The monoisotopic (exact) mass is 340 g/mol. The first kappa shape index (κ1) is 15.8. The first-order valence-corrected chi connectivity index (χ1v) is 8.21. The number of aromatic hydroxyl groups is 1. The van der Waals surface area contributed by atoms with Crippen molar-refractivity contribution in [3.05, 3.63) is 90.5 Å². The highest BCUT2D eigenvalue weighted by Crippen LogP contribution is 2.24. The zero-order valence-electron chi connectivity index (χ0n) is 13.9. The minimum Gasteiger partial charge on any atom is -0.508 e. The number of phenols is 1. The van der Waals surface area contributed by atoms with Gasteiger partial charge in [-0.1, -0.05) is 60.7 Å². The molecule has 1 N–H and O–H groups in total. The highest BCUT2D eigenvalue weighted by atomic mass is 16.3. The van der Waals surface area contributed by atoms with E-state index < -0.39 is 0 Å². The minimum absolute atomic E-state index is 0.224. The second-order valence-electron chi connectivity index (χ2n) is 5.73. The molecule has 0 aliphatic carbocycles. The Hall–Kier alpha value is -3.73. The van der Waals surface area contributed by atoms with Crippen LogP contribution in [0.25, 0.3) is 22.8 Å². The molecular weight excluding hydrogens is 324 g/mol. The molecule has 3 aromatic carbocycles. The predicted octanol–water partition coefficient (Wildman–Crippen LogP) is 4.20. The third-order valence-corrected chi connectivity index (χ3v) is 3.92. The van der Waals surface area contributed by atoms with Crippen molar-refractivity contribution in [3.8, 4) is 28.5 Å².